The number of alkyl halides is 2. The van der Waals surface area contributed by atoms with E-state index in [4.69, 9.17) is 16.3 Å². The summed E-state index contributed by atoms with van der Waals surface area (Å²) in [5, 5.41) is 18.6. The number of nitrogens with zero attached hydrogens (tertiary/aromatic N) is 2. The maximum absolute atomic E-state index is 13.8. The molecule has 9 nitrogen and oxygen atoms in total. The van der Waals surface area contributed by atoms with E-state index >= 15 is 0 Å². The van der Waals surface area contributed by atoms with E-state index in [1.165, 1.54) is 56.4 Å². The summed E-state index contributed by atoms with van der Waals surface area (Å²) in [6, 6.07) is 7.41. The molecular weight excluding hydrogens is 570 g/mol. The molecule has 0 saturated heterocycles. The Kier molecular flexibility index (Phi) is 11.1. The maximum atomic E-state index is 13.8. The first-order valence-electron chi connectivity index (χ1n) is 12.5. The van der Waals surface area contributed by atoms with Crippen LogP contribution in [0, 0.1) is 11.6 Å². The SMILES string of the molecule is CC(C)(O)CNC[C@@H](COC(=O)Nc1cc2cc(F)ccc2cn1)N(CC(F)F)C(=O)NCc1cccc(F)c1Cl. The van der Waals surface area contributed by atoms with Gasteiger partial charge in [-0.3, -0.25) is 5.32 Å². The van der Waals surface area contributed by atoms with Crippen LogP contribution in [0.25, 0.3) is 10.8 Å². The highest BCUT2D eigenvalue weighted by atomic mass is 35.5. The Balaban J connectivity index is 1.72. The van der Waals surface area contributed by atoms with Gasteiger partial charge in [0.1, 0.15) is 24.1 Å². The highest BCUT2D eigenvalue weighted by Gasteiger charge is 2.29. The number of anilines is 1. The number of fused-ring (bicyclic) bond motifs is 1. The Morgan fingerprint density at radius 2 is 1.90 bits per heavy atom. The van der Waals surface area contributed by atoms with Crippen molar-refractivity contribution in [1.29, 1.82) is 0 Å². The second-order valence-corrected chi connectivity index (χ2v) is 10.2. The van der Waals surface area contributed by atoms with Gasteiger partial charge in [0, 0.05) is 31.2 Å². The van der Waals surface area contributed by atoms with Crippen LogP contribution < -0.4 is 16.0 Å². The quantitative estimate of drug-likeness (QED) is 0.220. The van der Waals surface area contributed by atoms with Gasteiger partial charge in [-0.1, -0.05) is 23.7 Å². The molecule has 0 spiro atoms. The van der Waals surface area contributed by atoms with E-state index < -0.39 is 55.0 Å². The number of halogens is 5. The van der Waals surface area contributed by atoms with Crippen LogP contribution in [0.3, 0.4) is 0 Å². The molecule has 0 aliphatic carbocycles. The van der Waals surface area contributed by atoms with E-state index in [0.29, 0.717) is 10.8 Å². The first kappa shape index (κ1) is 31.8. The summed E-state index contributed by atoms with van der Waals surface area (Å²) in [7, 11) is 0. The predicted molar refractivity (Wildman–Crippen MR) is 146 cm³/mol. The van der Waals surface area contributed by atoms with E-state index in [0.717, 1.165) is 11.0 Å². The van der Waals surface area contributed by atoms with E-state index in [1.54, 1.807) is 0 Å². The highest BCUT2D eigenvalue weighted by molar-refractivity contribution is 6.31. The minimum atomic E-state index is -2.94. The highest BCUT2D eigenvalue weighted by Crippen LogP contribution is 2.20. The summed E-state index contributed by atoms with van der Waals surface area (Å²) in [5.41, 5.74) is -0.930. The van der Waals surface area contributed by atoms with Gasteiger partial charge in [0.05, 0.1) is 23.2 Å². The first-order valence-corrected chi connectivity index (χ1v) is 12.9. The zero-order chi connectivity index (χ0) is 30.2. The number of benzene rings is 2. The van der Waals surface area contributed by atoms with Crippen molar-refractivity contribution in [1.82, 2.24) is 20.5 Å². The fourth-order valence-corrected chi connectivity index (χ4v) is 3.99. The van der Waals surface area contributed by atoms with Crippen LogP contribution in [0.5, 0.6) is 0 Å². The number of hydrogen-bond donors (Lipinski definition) is 4. The lowest BCUT2D eigenvalue weighted by Gasteiger charge is -2.32. The number of nitrogens with one attached hydrogen (secondary N) is 3. The monoisotopic (exact) mass is 599 g/mol. The third kappa shape index (κ3) is 10.0. The van der Waals surface area contributed by atoms with Crippen molar-refractivity contribution in [2.45, 2.75) is 38.5 Å². The lowest BCUT2D eigenvalue weighted by Crippen LogP contribution is -2.54. The number of amides is 3. The number of ether oxygens (including phenoxy) is 1. The summed E-state index contributed by atoms with van der Waals surface area (Å²) in [5.74, 6) is -1.13. The Morgan fingerprint density at radius 1 is 1.15 bits per heavy atom. The zero-order valence-corrected chi connectivity index (χ0v) is 23.0. The standard InChI is InChI=1S/C27H30ClF4N5O4/c1-27(2,40)15-33-12-20(14-41-26(39)36-23-9-18-8-19(29)7-6-16(18)10-34-23)37(13-22(31)32)25(38)35-11-17-4-3-5-21(30)24(17)28/h3-10,20,22,33,40H,11-15H2,1-2H3,(H,35,38)(H,34,36,39)/t20-/m0/s1. The number of aromatic nitrogens is 1. The molecule has 0 bridgehead atoms. The lowest BCUT2D eigenvalue weighted by atomic mass is 10.1. The van der Waals surface area contributed by atoms with Crippen molar-refractivity contribution in [3.05, 3.63) is 70.9 Å². The Bertz CT molecular complexity index is 1360. The lowest BCUT2D eigenvalue weighted by molar-refractivity contribution is 0.0514. The molecule has 0 aliphatic rings. The number of pyridine rings is 1. The average molecular weight is 600 g/mol. The fraction of sp³-hybridized carbons (Fsp3) is 0.370. The van der Waals surface area contributed by atoms with Crippen LogP contribution in [-0.2, 0) is 11.3 Å². The molecule has 0 aliphatic heterocycles. The summed E-state index contributed by atoms with van der Waals surface area (Å²) < 4.78 is 59.6. The fourth-order valence-electron chi connectivity index (χ4n) is 3.80. The number of carbonyl (C=O) groups is 2. The molecule has 14 heteroatoms. The topological polar surface area (TPSA) is 116 Å². The third-order valence-corrected chi connectivity index (χ3v) is 6.18. The van der Waals surface area contributed by atoms with E-state index in [9.17, 15) is 32.3 Å². The molecular formula is C27H30ClF4N5O4. The average Bonchev–Trinajstić information content (AvgIpc) is 2.89. The largest absolute Gasteiger partial charge is 0.447 e. The number of hydrogen-bond acceptors (Lipinski definition) is 6. The minimum Gasteiger partial charge on any atom is -0.447 e. The van der Waals surface area contributed by atoms with Gasteiger partial charge in [-0.25, -0.2) is 32.1 Å². The van der Waals surface area contributed by atoms with Gasteiger partial charge in [0.15, 0.2) is 0 Å². The van der Waals surface area contributed by atoms with Gasteiger partial charge in [-0.2, -0.15) is 0 Å². The Morgan fingerprint density at radius 3 is 2.61 bits per heavy atom. The molecule has 0 radical (unpaired) electrons. The van der Waals surface area contributed by atoms with Crippen molar-refractivity contribution in [2.75, 3.05) is 31.6 Å². The Hall–Kier alpha value is -3.68. The molecule has 3 amide bonds. The third-order valence-electron chi connectivity index (χ3n) is 5.76. The summed E-state index contributed by atoms with van der Waals surface area (Å²) in [4.78, 5) is 30.4. The van der Waals surface area contributed by atoms with Crippen molar-refractivity contribution < 1.29 is 37.0 Å². The second kappa shape index (κ2) is 14.3. The van der Waals surface area contributed by atoms with Crippen molar-refractivity contribution in [2.24, 2.45) is 0 Å². The molecule has 4 N–H and O–H groups in total. The van der Waals surface area contributed by atoms with Gasteiger partial charge in [0.25, 0.3) is 6.43 Å². The molecule has 2 aromatic carbocycles. The molecule has 0 fully saturated rings. The van der Waals surface area contributed by atoms with Crippen LogP contribution in [-0.4, -0.2) is 71.4 Å². The van der Waals surface area contributed by atoms with Gasteiger partial charge < -0.3 is 25.4 Å². The predicted octanol–water partition coefficient (Wildman–Crippen LogP) is 4.92. The summed E-state index contributed by atoms with van der Waals surface area (Å²) in [6.45, 7) is 1.16. The van der Waals surface area contributed by atoms with Gasteiger partial charge in [-0.15, -0.1) is 0 Å². The minimum absolute atomic E-state index is 0.0380. The van der Waals surface area contributed by atoms with E-state index in [1.807, 2.05) is 0 Å². The van der Waals surface area contributed by atoms with Crippen molar-refractivity contribution >= 4 is 40.3 Å². The van der Waals surface area contributed by atoms with E-state index in [2.05, 4.69) is 20.9 Å². The van der Waals surface area contributed by atoms with Gasteiger partial charge in [0.2, 0.25) is 0 Å². The first-order chi connectivity index (χ1) is 19.3. The number of rotatable bonds is 12. The number of urea groups is 1. The van der Waals surface area contributed by atoms with Crippen molar-refractivity contribution in [3.63, 3.8) is 0 Å². The summed E-state index contributed by atoms with van der Waals surface area (Å²) in [6.07, 6.45) is -2.51. The molecule has 1 heterocycles. The van der Waals surface area contributed by atoms with Crippen LogP contribution in [0.4, 0.5) is 33.0 Å². The molecule has 41 heavy (non-hydrogen) atoms. The second-order valence-electron chi connectivity index (χ2n) is 9.80. The molecule has 1 atom stereocenters. The molecule has 3 aromatic rings. The van der Waals surface area contributed by atoms with Crippen LogP contribution in [0.15, 0.2) is 48.7 Å². The van der Waals surface area contributed by atoms with Crippen LogP contribution >= 0.6 is 11.6 Å². The Labute approximate surface area is 238 Å². The van der Waals surface area contributed by atoms with Gasteiger partial charge in [-0.05, 0) is 55.1 Å². The number of carbonyl (C=O) groups excluding carboxylic acids is 2. The summed E-state index contributed by atoms with van der Waals surface area (Å²) >= 11 is 5.92. The number of aliphatic hydroxyl groups is 1. The van der Waals surface area contributed by atoms with E-state index in [-0.39, 0.29) is 36.0 Å². The van der Waals surface area contributed by atoms with Gasteiger partial charge >= 0.3 is 12.1 Å². The van der Waals surface area contributed by atoms with Crippen LogP contribution in [0.1, 0.15) is 19.4 Å². The molecule has 0 unspecified atom stereocenters. The van der Waals surface area contributed by atoms with Crippen LogP contribution in [0.2, 0.25) is 5.02 Å². The molecule has 3 rings (SSSR count). The van der Waals surface area contributed by atoms with Crippen molar-refractivity contribution in [3.8, 4) is 0 Å². The molecule has 222 valence electrons. The smallest absolute Gasteiger partial charge is 0.412 e. The molecule has 1 aromatic heterocycles. The molecule has 0 saturated carbocycles. The normalized spacial score (nSPS) is 12.3. The maximum Gasteiger partial charge on any atom is 0.412 e. The zero-order valence-electron chi connectivity index (χ0n) is 22.3.